The van der Waals surface area contributed by atoms with Gasteiger partial charge in [-0.1, -0.05) is 18.9 Å². The minimum atomic E-state index is 0.0620. The largest absolute Gasteiger partial charge is 0.496 e. The van der Waals surface area contributed by atoms with Crippen LogP contribution in [0.4, 0.5) is 0 Å². The van der Waals surface area contributed by atoms with Crippen molar-refractivity contribution in [2.75, 3.05) is 13.7 Å². The van der Waals surface area contributed by atoms with E-state index in [1.54, 1.807) is 7.11 Å². The van der Waals surface area contributed by atoms with Gasteiger partial charge in [-0.15, -0.1) is 0 Å². The average molecular weight is 287 g/mol. The van der Waals surface area contributed by atoms with Crippen LogP contribution in [0.25, 0.3) is 0 Å². The van der Waals surface area contributed by atoms with Gasteiger partial charge >= 0.3 is 0 Å². The van der Waals surface area contributed by atoms with Gasteiger partial charge in [0.15, 0.2) is 0 Å². The highest BCUT2D eigenvalue weighted by molar-refractivity contribution is 5.97. The number of hydrogen-bond acceptors (Lipinski definition) is 3. The van der Waals surface area contributed by atoms with E-state index in [4.69, 9.17) is 15.9 Å². The maximum Gasteiger partial charge on any atom is 0.130 e. The third-order valence-corrected chi connectivity index (χ3v) is 5.07. The number of nitrogens with two attached hydrogens (primary N) is 1. The topological polar surface area (TPSA) is 62.3 Å². The van der Waals surface area contributed by atoms with Gasteiger partial charge in [-0.2, -0.15) is 0 Å². The van der Waals surface area contributed by atoms with Crippen molar-refractivity contribution in [1.82, 2.24) is 4.90 Å². The predicted molar refractivity (Wildman–Crippen MR) is 84.8 cm³/mol. The first kappa shape index (κ1) is 14.4. The van der Waals surface area contributed by atoms with Gasteiger partial charge in [0.2, 0.25) is 0 Å². The summed E-state index contributed by atoms with van der Waals surface area (Å²) in [5.74, 6) is 1.68. The van der Waals surface area contributed by atoms with Crippen LogP contribution in [0, 0.1) is 11.3 Å². The van der Waals surface area contributed by atoms with Crippen LogP contribution in [-0.4, -0.2) is 30.4 Å². The highest BCUT2D eigenvalue weighted by Crippen LogP contribution is 2.37. The quantitative estimate of drug-likeness (QED) is 0.661. The molecule has 114 valence electrons. The number of amidine groups is 1. The number of benzene rings is 1. The Morgan fingerprint density at radius 3 is 2.90 bits per heavy atom. The molecule has 2 atom stereocenters. The van der Waals surface area contributed by atoms with E-state index in [9.17, 15) is 0 Å². The van der Waals surface area contributed by atoms with Crippen molar-refractivity contribution >= 4 is 5.84 Å². The fourth-order valence-corrected chi connectivity index (χ4v) is 3.99. The Morgan fingerprint density at radius 1 is 1.33 bits per heavy atom. The van der Waals surface area contributed by atoms with E-state index >= 15 is 0 Å². The number of fused-ring (bicyclic) bond motifs is 1. The van der Waals surface area contributed by atoms with E-state index in [2.05, 4.69) is 11.0 Å². The van der Waals surface area contributed by atoms with E-state index in [1.807, 2.05) is 12.1 Å². The molecule has 0 spiro atoms. The lowest BCUT2D eigenvalue weighted by Gasteiger charge is -2.31. The summed E-state index contributed by atoms with van der Waals surface area (Å²) in [5.41, 5.74) is 7.52. The molecular weight excluding hydrogens is 262 g/mol. The third-order valence-electron chi connectivity index (χ3n) is 5.07. The second-order valence-corrected chi connectivity index (χ2v) is 6.32. The zero-order valence-electron chi connectivity index (χ0n) is 12.8. The molecule has 4 heteroatoms. The second kappa shape index (κ2) is 6.06. The van der Waals surface area contributed by atoms with Crippen LogP contribution in [-0.2, 0) is 6.54 Å². The van der Waals surface area contributed by atoms with E-state index in [0.717, 1.165) is 18.5 Å². The highest BCUT2D eigenvalue weighted by atomic mass is 16.5. The Kier molecular flexibility index (Phi) is 4.15. The number of nitrogens with zero attached hydrogens (tertiary/aromatic N) is 1. The van der Waals surface area contributed by atoms with Crippen LogP contribution in [0.5, 0.6) is 5.75 Å². The maximum absolute atomic E-state index is 7.58. The molecule has 1 saturated heterocycles. The van der Waals surface area contributed by atoms with Gasteiger partial charge in [0.25, 0.3) is 0 Å². The summed E-state index contributed by atoms with van der Waals surface area (Å²) >= 11 is 0. The lowest BCUT2D eigenvalue weighted by atomic mass is 9.85. The molecule has 0 radical (unpaired) electrons. The molecule has 2 unspecified atom stereocenters. The fraction of sp³-hybridized carbons (Fsp3) is 0.588. The fourth-order valence-electron chi connectivity index (χ4n) is 3.99. The number of nitrogens with one attached hydrogen (secondary N) is 1. The molecule has 1 aromatic rings. The zero-order chi connectivity index (χ0) is 14.8. The van der Waals surface area contributed by atoms with Crippen molar-refractivity contribution < 1.29 is 4.74 Å². The molecule has 1 heterocycles. The molecular formula is C17H25N3O. The number of rotatable bonds is 4. The molecule has 0 bridgehead atoms. The molecule has 2 fully saturated rings. The molecule has 0 amide bonds. The van der Waals surface area contributed by atoms with Crippen molar-refractivity contribution in [3.05, 3.63) is 29.3 Å². The molecule has 1 aromatic carbocycles. The van der Waals surface area contributed by atoms with Crippen LogP contribution < -0.4 is 10.5 Å². The minimum absolute atomic E-state index is 0.0620. The lowest BCUT2D eigenvalue weighted by molar-refractivity contribution is 0.176. The van der Waals surface area contributed by atoms with Crippen LogP contribution in [0.15, 0.2) is 18.2 Å². The molecule has 2 aliphatic rings. The molecule has 1 aliphatic carbocycles. The molecule has 0 aromatic heterocycles. The van der Waals surface area contributed by atoms with Gasteiger partial charge in [0.05, 0.1) is 12.7 Å². The van der Waals surface area contributed by atoms with Gasteiger partial charge in [-0.05, 0) is 49.4 Å². The summed E-state index contributed by atoms with van der Waals surface area (Å²) in [6.45, 7) is 2.20. The summed E-state index contributed by atoms with van der Waals surface area (Å²) in [7, 11) is 1.64. The molecule has 4 nitrogen and oxygen atoms in total. The number of nitrogen functional groups attached to an aromatic ring is 1. The highest BCUT2D eigenvalue weighted by Gasteiger charge is 2.35. The Bertz CT molecular complexity index is 529. The van der Waals surface area contributed by atoms with Crippen LogP contribution >= 0.6 is 0 Å². The molecule has 3 N–H and O–H groups in total. The average Bonchev–Trinajstić information content (AvgIpc) is 2.90. The standard InChI is InChI=1S/C17H25N3O/c1-21-16-10-12(6-7-14(16)17(18)19)11-20-9-8-13-4-2-3-5-15(13)20/h6-7,10,13,15H,2-5,8-9,11H2,1H3,(H3,18,19). The van der Waals surface area contributed by atoms with E-state index in [0.29, 0.717) is 11.3 Å². The van der Waals surface area contributed by atoms with Crippen molar-refractivity contribution in [2.24, 2.45) is 11.7 Å². The SMILES string of the molecule is COc1cc(CN2CCC3CCCCC32)ccc1C(=N)N. The molecule has 21 heavy (non-hydrogen) atoms. The summed E-state index contributed by atoms with van der Waals surface area (Å²) in [6.07, 6.45) is 6.91. The van der Waals surface area contributed by atoms with Crippen molar-refractivity contribution in [1.29, 1.82) is 5.41 Å². The Hall–Kier alpha value is -1.55. The first-order valence-corrected chi connectivity index (χ1v) is 7.94. The van der Waals surface area contributed by atoms with Gasteiger partial charge in [-0.25, -0.2) is 0 Å². The number of methoxy groups -OCH3 is 1. The van der Waals surface area contributed by atoms with Crippen molar-refractivity contribution in [3.63, 3.8) is 0 Å². The first-order valence-electron chi connectivity index (χ1n) is 7.94. The monoisotopic (exact) mass is 287 g/mol. The number of hydrogen-bond donors (Lipinski definition) is 2. The van der Waals surface area contributed by atoms with Gasteiger partial charge in [0, 0.05) is 12.6 Å². The Morgan fingerprint density at radius 2 is 2.14 bits per heavy atom. The summed E-state index contributed by atoms with van der Waals surface area (Å²) in [4.78, 5) is 2.63. The van der Waals surface area contributed by atoms with Gasteiger partial charge < -0.3 is 10.5 Å². The van der Waals surface area contributed by atoms with Crippen LogP contribution in [0.3, 0.4) is 0 Å². The van der Waals surface area contributed by atoms with Crippen molar-refractivity contribution in [3.8, 4) is 5.75 Å². The minimum Gasteiger partial charge on any atom is -0.496 e. The first-order chi connectivity index (χ1) is 10.2. The van der Waals surface area contributed by atoms with Gasteiger partial charge in [-0.3, -0.25) is 10.3 Å². The predicted octanol–water partition coefficient (Wildman–Crippen LogP) is 2.74. The van der Waals surface area contributed by atoms with E-state index < -0.39 is 0 Å². The second-order valence-electron chi connectivity index (χ2n) is 6.32. The van der Waals surface area contributed by atoms with Crippen LogP contribution in [0.2, 0.25) is 0 Å². The Labute approximate surface area is 126 Å². The summed E-state index contributed by atoms with van der Waals surface area (Å²) in [6, 6.07) is 6.80. The zero-order valence-corrected chi connectivity index (χ0v) is 12.8. The Balaban J connectivity index is 1.74. The molecule has 1 saturated carbocycles. The molecule has 3 rings (SSSR count). The number of likely N-dealkylation sites (tertiary alicyclic amines) is 1. The molecule has 1 aliphatic heterocycles. The van der Waals surface area contributed by atoms with E-state index in [-0.39, 0.29) is 5.84 Å². The van der Waals surface area contributed by atoms with E-state index in [1.165, 1.54) is 44.2 Å². The lowest BCUT2D eigenvalue weighted by Crippen LogP contribution is -2.34. The van der Waals surface area contributed by atoms with Crippen LogP contribution in [0.1, 0.15) is 43.2 Å². The normalized spacial score (nSPS) is 25.6. The maximum atomic E-state index is 7.58. The smallest absolute Gasteiger partial charge is 0.130 e. The van der Waals surface area contributed by atoms with Gasteiger partial charge in [0.1, 0.15) is 11.6 Å². The number of ether oxygens (including phenoxy) is 1. The summed E-state index contributed by atoms with van der Waals surface area (Å²) in [5, 5.41) is 7.58. The third kappa shape index (κ3) is 2.91. The van der Waals surface area contributed by atoms with Crippen molar-refractivity contribution in [2.45, 2.75) is 44.7 Å². The summed E-state index contributed by atoms with van der Waals surface area (Å²) < 4.78 is 5.38.